The Kier molecular flexibility index (Phi) is 4.13. The van der Waals surface area contributed by atoms with Crippen LogP contribution < -0.4 is 0 Å². The minimum absolute atomic E-state index is 0.0253. The second-order valence-corrected chi connectivity index (χ2v) is 1.38. The van der Waals surface area contributed by atoms with Gasteiger partial charge in [0, 0.05) is 6.42 Å². The van der Waals surface area contributed by atoms with Crippen LogP contribution in [0.1, 0.15) is 13.3 Å². The van der Waals surface area contributed by atoms with Crippen LogP contribution in [0.5, 0.6) is 0 Å². The zero-order valence-corrected chi connectivity index (χ0v) is 4.86. The topological polar surface area (TPSA) is 17.1 Å². The van der Waals surface area contributed by atoms with Crippen LogP contribution in [0.15, 0.2) is 12.2 Å². The summed E-state index contributed by atoms with van der Waals surface area (Å²) in [5.41, 5.74) is 0. The van der Waals surface area contributed by atoms with Gasteiger partial charge >= 0.3 is 0 Å². The predicted molar refractivity (Wildman–Crippen MR) is 30.4 cm³/mol. The molecule has 0 aromatic carbocycles. The van der Waals surface area contributed by atoms with Crippen LogP contribution in [-0.2, 0) is 4.79 Å². The van der Waals surface area contributed by atoms with E-state index in [1.54, 1.807) is 6.92 Å². The van der Waals surface area contributed by atoms with Crippen LogP contribution >= 0.6 is 0 Å². The van der Waals surface area contributed by atoms with Gasteiger partial charge in [-0.1, -0.05) is 13.0 Å². The lowest BCUT2D eigenvalue weighted by atomic mass is 10.3. The number of allylic oxidation sites excluding steroid dienone is 2. The third-order valence-electron chi connectivity index (χ3n) is 0.741. The van der Waals surface area contributed by atoms with Crippen LogP contribution in [-0.4, -0.2) is 12.5 Å². The van der Waals surface area contributed by atoms with Crippen molar-refractivity contribution in [3.05, 3.63) is 12.2 Å². The van der Waals surface area contributed by atoms with E-state index in [-0.39, 0.29) is 5.78 Å². The number of carbonyl (C=O) groups excluding carboxylic acids is 1. The van der Waals surface area contributed by atoms with Crippen molar-refractivity contribution in [2.45, 2.75) is 13.3 Å². The zero-order chi connectivity index (χ0) is 6.41. The van der Waals surface area contributed by atoms with Crippen molar-refractivity contribution in [1.29, 1.82) is 0 Å². The Morgan fingerprint density at radius 2 is 2.38 bits per heavy atom. The molecule has 0 saturated carbocycles. The molecular weight excluding hydrogens is 107 g/mol. The molecule has 0 aliphatic heterocycles. The molecule has 0 fully saturated rings. The minimum atomic E-state index is -0.550. The largest absolute Gasteiger partial charge is 0.295 e. The smallest absolute Gasteiger partial charge is 0.155 e. The molecule has 0 amide bonds. The number of rotatable bonds is 3. The molecule has 0 bridgehead atoms. The highest BCUT2D eigenvalue weighted by molar-refractivity contribution is 5.89. The fraction of sp³-hybridized carbons (Fsp3) is 0.500. The Morgan fingerprint density at radius 3 is 2.75 bits per heavy atom. The summed E-state index contributed by atoms with van der Waals surface area (Å²) in [6.45, 7) is 1.19. The lowest BCUT2D eigenvalue weighted by molar-refractivity contribution is -0.114. The van der Waals surface area contributed by atoms with Gasteiger partial charge in [-0.3, -0.25) is 4.79 Å². The normalized spacial score (nSPS) is 10.2. The SMILES string of the molecule is CCC(=O)/C=C/CF. The fourth-order valence-corrected chi connectivity index (χ4v) is 0.294. The summed E-state index contributed by atoms with van der Waals surface area (Å²) in [5, 5.41) is 0. The summed E-state index contributed by atoms with van der Waals surface area (Å²) in [5.74, 6) is -0.0253. The van der Waals surface area contributed by atoms with Crippen LogP contribution in [0.4, 0.5) is 4.39 Å². The molecular formula is C6H9FO. The minimum Gasteiger partial charge on any atom is -0.295 e. The molecule has 0 atom stereocenters. The fourth-order valence-electron chi connectivity index (χ4n) is 0.294. The molecule has 0 spiro atoms. The summed E-state index contributed by atoms with van der Waals surface area (Å²) >= 11 is 0. The van der Waals surface area contributed by atoms with Gasteiger partial charge < -0.3 is 0 Å². The van der Waals surface area contributed by atoms with Gasteiger partial charge in [0.1, 0.15) is 6.67 Å². The van der Waals surface area contributed by atoms with Gasteiger partial charge in [0.25, 0.3) is 0 Å². The van der Waals surface area contributed by atoms with Gasteiger partial charge in [0.05, 0.1) is 0 Å². The lowest BCUT2D eigenvalue weighted by Crippen LogP contribution is -1.86. The first-order chi connectivity index (χ1) is 3.81. The Morgan fingerprint density at radius 1 is 1.75 bits per heavy atom. The summed E-state index contributed by atoms with van der Waals surface area (Å²) in [7, 11) is 0. The highest BCUT2D eigenvalue weighted by atomic mass is 19.1. The van der Waals surface area contributed by atoms with Crippen molar-refractivity contribution in [3.63, 3.8) is 0 Å². The molecule has 1 nitrogen and oxygen atoms in total. The Balaban J connectivity index is 3.37. The van der Waals surface area contributed by atoms with Gasteiger partial charge in [-0.15, -0.1) is 0 Å². The summed E-state index contributed by atoms with van der Waals surface area (Å²) < 4.78 is 11.3. The van der Waals surface area contributed by atoms with E-state index in [4.69, 9.17) is 0 Å². The van der Waals surface area contributed by atoms with E-state index >= 15 is 0 Å². The quantitative estimate of drug-likeness (QED) is 0.510. The molecule has 0 saturated heterocycles. The average molecular weight is 116 g/mol. The number of ketones is 1. The third kappa shape index (κ3) is 3.53. The molecule has 0 aromatic heterocycles. The molecule has 0 aliphatic rings. The maximum atomic E-state index is 11.3. The Bertz CT molecular complexity index is 96.7. The van der Waals surface area contributed by atoms with Crippen LogP contribution in [0.25, 0.3) is 0 Å². The van der Waals surface area contributed by atoms with Gasteiger partial charge in [-0.2, -0.15) is 0 Å². The number of alkyl halides is 1. The molecule has 0 aromatic rings. The van der Waals surface area contributed by atoms with Crippen molar-refractivity contribution < 1.29 is 9.18 Å². The second-order valence-electron chi connectivity index (χ2n) is 1.38. The van der Waals surface area contributed by atoms with Crippen molar-refractivity contribution in [1.82, 2.24) is 0 Å². The summed E-state index contributed by atoms with van der Waals surface area (Å²) in [6.07, 6.45) is 2.93. The van der Waals surface area contributed by atoms with E-state index in [1.165, 1.54) is 12.2 Å². The average Bonchev–Trinajstić information content (AvgIpc) is 1.83. The number of carbonyl (C=O) groups is 1. The molecule has 0 radical (unpaired) electrons. The Labute approximate surface area is 48.2 Å². The molecule has 0 heterocycles. The number of hydrogen-bond donors (Lipinski definition) is 0. The van der Waals surface area contributed by atoms with Gasteiger partial charge in [-0.05, 0) is 6.08 Å². The van der Waals surface area contributed by atoms with E-state index in [0.717, 1.165) is 0 Å². The van der Waals surface area contributed by atoms with Crippen LogP contribution in [0.3, 0.4) is 0 Å². The van der Waals surface area contributed by atoms with Crippen molar-refractivity contribution >= 4 is 5.78 Å². The second kappa shape index (κ2) is 4.50. The van der Waals surface area contributed by atoms with E-state index in [2.05, 4.69) is 0 Å². The molecule has 0 rings (SSSR count). The lowest BCUT2D eigenvalue weighted by Gasteiger charge is -1.79. The van der Waals surface area contributed by atoms with Crippen LogP contribution in [0.2, 0.25) is 0 Å². The maximum Gasteiger partial charge on any atom is 0.155 e. The maximum absolute atomic E-state index is 11.3. The molecule has 2 heteroatoms. The molecule has 0 N–H and O–H groups in total. The van der Waals surface area contributed by atoms with Crippen molar-refractivity contribution in [2.24, 2.45) is 0 Å². The highest BCUT2D eigenvalue weighted by Gasteiger charge is 1.85. The van der Waals surface area contributed by atoms with E-state index in [1.807, 2.05) is 0 Å². The van der Waals surface area contributed by atoms with Gasteiger partial charge in [0.15, 0.2) is 5.78 Å². The first kappa shape index (κ1) is 7.34. The van der Waals surface area contributed by atoms with E-state index in [0.29, 0.717) is 6.42 Å². The van der Waals surface area contributed by atoms with Gasteiger partial charge in [0.2, 0.25) is 0 Å². The van der Waals surface area contributed by atoms with Crippen molar-refractivity contribution in [3.8, 4) is 0 Å². The highest BCUT2D eigenvalue weighted by Crippen LogP contribution is 1.82. The van der Waals surface area contributed by atoms with E-state index in [9.17, 15) is 9.18 Å². The third-order valence-corrected chi connectivity index (χ3v) is 0.741. The van der Waals surface area contributed by atoms with Crippen LogP contribution in [0, 0.1) is 0 Å². The van der Waals surface area contributed by atoms with Crippen molar-refractivity contribution in [2.75, 3.05) is 6.67 Å². The van der Waals surface area contributed by atoms with Gasteiger partial charge in [-0.25, -0.2) is 4.39 Å². The first-order valence-corrected chi connectivity index (χ1v) is 2.56. The number of hydrogen-bond acceptors (Lipinski definition) is 1. The van der Waals surface area contributed by atoms with E-state index < -0.39 is 6.67 Å². The molecule has 0 unspecified atom stereocenters. The summed E-state index contributed by atoms with van der Waals surface area (Å²) in [4.78, 5) is 10.3. The molecule has 8 heavy (non-hydrogen) atoms. The molecule has 46 valence electrons. The predicted octanol–water partition coefficient (Wildman–Crippen LogP) is 1.49. The molecule has 0 aliphatic carbocycles. The summed E-state index contributed by atoms with van der Waals surface area (Å²) in [6, 6.07) is 0. The Hall–Kier alpha value is -0.660. The standard InChI is InChI=1S/C6H9FO/c1-2-6(8)4-3-5-7/h3-4H,2,5H2,1H3/b4-3+. The zero-order valence-electron chi connectivity index (χ0n) is 4.86. The number of halogens is 1. The monoisotopic (exact) mass is 116 g/mol. The first-order valence-electron chi connectivity index (χ1n) is 2.56.